The van der Waals surface area contributed by atoms with Gasteiger partial charge in [-0.2, -0.15) is 0 Å². The fraction of sp³-hybridized carbons (Fsp3) is 0.379. The number of aromatic nitrogens is 2. The van der Waals surface area contributed by atoms with Gasteiger partial charge >= 0.3 is 0 Å². The van der Waals surface area contributed by atoms with Crippen molar-refractivity contribution in [3.05, 3.63) is 72.3 Å². The SMILES string of the molecule is CC1=C(C)/C2=C/c3[nH]c(c(C)c3C)/C=c3\[nH]/c(c(C)c3C)=C\C3=NC(C)(CC1=N2)C(C)=C3C. The Bertz CT molecular complexity index is 1510. The molecule has 0 fully saturated rings. The molecule has 5 rings (SSSR count). The monoisotopic (exact) mass is 438 g/mol. The Balaban J connectivity index is 1.85. The lowest BCUT2D eigenvalue weighted by Crippen LogP contribution is -2.26. The molecule has 1 atom stereocenters. The highest BCUT2D eigenvalue weighted by Gasteiger charge is 2.36. The zero-order valence-corrected chi connectivity index (χ0v) is 21.3. The maximum atomic E-state index is 5.26. The van der Waals surface area contributed by atoms with Gasteiger partial charge in [-0.05, 0) is 125 Å². The molecule has 0 aliphatic carbocycles. The zero-order chi connectivity index (χ0) is 23.8. The molecular weight excluding hydrogens is 404 g/mol. The predicted molar refractivity (Wildman–Crippen MR) is 140 cm³/mol. The van der Waals surface area contributed by atoms with Crippen molar-refractivity contribution in [2.24, 2.45) is 9.98 Å². The maximum Gasteiger partial charge on any atom is 0.0854 e. The first-order chi connectivity index (χ1) is 15.5. The summed E-state index contributed by atoms with van der Waals surface area (Å²) in [5.74, 6) is 0. The third kappa shape index (κ3) is 3.18. The van der Waals surface area contributed by atoms with Crippen LogP contribution in [0.15, 0.2) is 38.0 Å². The summed E-state index contributed by atoms with van der Waals surface area (Å²) in [4.78, 5) is 17.7. The molecule has 0 saturated heterocycles. The van der Waals surface area contributed by atoms with Crippen LogP contribution in [0.5, 0.6) is 0 Å². The van der Waals surface area contributed by atoms with Crippen LogP contribution < -0.4 is 10.7 Å². The number of nitrogens with zero attached hydrogens (tertiary/aromatic N) is 2. The molecule has 2 aromatic heterocycles. The molecule has 3 aliphatic rings. The molecule has 2 N–H and O–H groups in total. The van der Waals surface area contributed by atoms with Gasteiger partial charge in [0.15, 0.2) is 0 Å². The van der Waals surface area contributed by atoms with Gasteiger partial charge in [0.05, 0.1) is 16.9 Å². The first-order valence-corrected chi connectivity index (χ1v) is 11.8. The number of fused-ring (bicyclic) bond motifs is 6. The molecule has 5 heterocycles. The highest BCUT2D eigenvalue weighted by atomic mass is 14.9. The van der Waals surface area contributed by atoms with E-state index < -0.39 is 0 Å². The minimum Gasteiger partial charge on any atom is -0.355 e. The summed E-state index contributed by atoms with van der Waals surface area (Å²) < 4.78 is 0. The third-order valence-corrected chi connectivity index (χ3v) is 8.40. The molecule has 4 nitrogen and oxygen atoms in total. The summed E-state index contributed by atoms with van der Waals surface area (Å²) in [7, 11) is 0. The number of rotatable bonds is 0. The average molecular weight is 439 g/mol. The van der Waals surface area contributed by atoms with E-state index in [0.717, 1.165) is 45.6 Å². The van der Waals surface area contributed by atoms with Crippen LogP contribution in [0.3, 0.4) is 0 Å². The highest BCUT2D eigenvalue weighted by Crippen LogP contribution is 2.39. The van der Waals surface area contributed by atoms with E-state index in [4.69, 9.17) is 9.98 Å². The summed E-state index contributed by atoms with van der Waals surface area (Å²) >= 11 is 0. The Morgan fingerprint density at radius 3 is 1.97 bits per heavy atom. The molecule has 33 heavy (non-hydrogen) atoms. The van der Waals surface area contributed by atoms with Crippen molar-refractivity contribution in [3.63, 3.8) is 0 Å². The van der Waals surface area contributed by atoms with Crippen molar-refractivity contribution in [1.29, 1.82) is 0 Å². The van der Waals surface area contributed by atoms with Crippen LogP contribution in [0.25, 0.3) is 18.2 Å². The number of hydrogen-bond donors (Lipinski definition) is 2. The van der Waals surface area contributed by atoms with Gasteiger partial charge in [0.2, 0.25) is 0 Å². The third-order valence-electron chi connectivity index (χ3n) is 8.40. The van der Waals surface area contributed by atoms with Crippen molar-refractivity contribution in [2.75, 3.05) is 0 Å². The van der Waals surface area contributed by atoms with Gasteiger partial charge in [0.1, 0.15) is 0 Å². The first kappa shape index (κ1) is 21.7. The number of allylic oxidation sites excluding steroid dienone is 3. The van der Waals surface area contributed by atoms with E-state index in [1.165, 1.54) is 44.5 Å². The standard InChI is InChI=1S/C29H34N4/c1-14-15(2)24-11-25-18(5)19(6)28(32-25)13-29(9)21(8)20(7)27(33-29)12-26-17(4)16(3)23(31-26)10-22(14)30-24/h10-12,30-31H,13H2,1-9H3/b23-10-,25-11-,26-12-. The lowest BCUT2D eigenvalue weighted by molar-refractivity contribution is 0.587. The summed E-state index contributed by atoms with van der Waals surface area (Å²) in [6.45, 7) is 19.8. The lowest BCUT2D eigenvalue weighted by Gasteiger charge is -2.23. The van der Waals surface area contributed by atoms with E-state index >= 15 is 0 Å². The Hall–Kier alpha value is -3.14. The smallest absolute Gasteiger partial charge is 0.0854 e. The number of nitrogens with one attached hydrogen (secondary N) is 2. The van der Waals surface area contributed by atoms with Crippen LogP contribution in [0.4, 0.5) is 0 Å². The molecule has 0 radical (unpaired) electrons. The summed E-state index contributed by atoms with van der Waals surface area (Å²) in [6.07, 6.45) is 7.48. The van der Waals surface area contributed by atoms with Crippen molar-refractivity contribution in [3.8, 4) is 0 Å². The van der Waals surface area contributed by atoms with Gasteiger partial charge in [0.25, 0.3) is 0 Å². The van der Waals surface area contributed by atoms with Crippen molar-refractivity contribution in [1.82, 2.24) is 9.97 Å². The minimum atomic E-state index is -0.278. The number of H-pyrrole nitrogens is 2. The first-order valence-electron chi connectivity index (χ1n) is 11.8. The topological polar surface area (TPSA) is 56.3 Å². The Kier molecular flexibility index (Phi) is 4.72. The van der Waals surface area contributed by atoms with E-state index in [2.05, 4.69) is 90.5 Å². The molecule has 3 aliphatic heterocycles. The molecular formula is C29H34N4. The van der Waals surface area contributed by atoms with E-state index in [-0.39, 0.29) is 5.54 Å². The Labute approximate surface area is 196 Å². The van der Waals surface area contributed by atoms with Crippen molar-refractivity contribution in [2.45, 2.75) is 74.3 Å². The van der Waals surface area contributed by atoms with Crippen LogP contribution in [-0.4, -0.2) is 26.9 Å². The minimum absolute atomic E-state index is 0.278. The normalized spacial score (nSPS) is 25.9. The fourth-order valence-corrected chi connectivity index (χ4v) is 5.17. The second-order valence-corrected chi connectivity index (χ2v) is 10.2. The number of aliphatic imine (C=N–C) groups is 2. The van der Waals surface area contributed by atoms with Gasteiger partial charge in [0, 0.05) is 34.2 Å². The molecule has 0 amide bonds. The van der Waals surface area contributed by atoms with E-state index in [1.807, 2.05) is 0 Å². The van der Waals surface area contributed by atoms with E-state index in [1.54, 1.807) is 0 Å². The fourth-order valence-electron chi connectivity index (χ4n) is 5.17. The largest absolute Gasteiger partial charge is 0.355 e. The van der Waals surface area contributed by atoms with Crippen LogP contribution >= 0.6 is 0 Å². The number of aromatic amines is 2. The summed E-state index contributed by atoms with van der Waals surface area (Å²) in [5, 5.41) is 2.27. The van der Waals surface area contributed by atoms with Gasteiger partial charge in [-0.25, -0.2) is 0 Å². The van der Waals surface area contributed by atoms with Crippen molar-refractivity contribution < 1.29 is 0 Å². The molecule has 0 saturated carbocycles. The molecule has 8 bridgehead atoms. The predicted octanol–water partition coefficient (Wildman–Crippen LogP) is 5.27. The van der Waals surface area contributed by atoms with Crippen LogP contribution in [0.1, 0.15) is 74.7 Å². The van der Waals surface area contributed by atoms with Crippen LogP contribution in [0.2, 0.25) is 0 Å². The maximum absolute atomic E-state index is 5.26. The molecule has 170 valence electrons. The second-order valence-electron chi connectivity index (χ2n) is 10.2. The van der Waals surface area contributed by atoms with Crippen molar-refractivity contribution >= 4 is 29.7 Å². The van der Waals surface area contributed by atoms with Gasteiger partial charge in [-0.15, -0.1) is 0 Å². The molecule has 0 aromatic carbocycles. The second kappa shape index (κ2) is 7.18. The molecule has 1 unspecified atom stereocenters. The van der Waals surface area contributed by atoms with Crippen LogP contribution in [0, 0.1) is 27.7 Å². The van der Waals surface area contributed by atoms with E-state index in [0.29, 0.717) is 0 Å². The Morgan fingerprint density at radius 2 is 1.30 bits per heavy atom. The molecule has 4 heteroatoms. The summed E-state index contributed by atoms with van der Waals surface area (Å²) in [5.41, 5.74) is 15.5. The lowest BCUT2D eigenvalue weighted by atomic mass is 9.85. The Morgan fingerprint density at radius 1 is 0.697 bits per heavy atom. The van der Waals surface area contributed by atoms with Gasteiger partial charge in [-0.1, -0.05) is 0 Å². The quantitative estimate of drug-likeness (QED) is 0.563. The highest BCUT2D eigenvalue weighted by molar-refractivity contribution is 6.22. The molecule has 0 spiro atoms. The zero-order valence-electron chi connectivity index (χ0n) is 21.3. The van der Waals surface area contributed by atoms with E-state index in [9.17, 15) is 0 Å². The molecule has 2 aromatic rings. The van der Waals surface area contributed by atoms with Gasteiger partial charge < -0.3 is 9.97 Å². The van der Waals surface area contributed by atoms with Gasteiger partial charge in [-0.3, -0.25) is 9.98 Å². The average Bonchev–Trinajstić information content (AvgIpc) is 3.36. The van der Waals surface area contributed by atoms with Crippen LogP contribution in [-0.2, 0) is 0 Å². The number of hydrogen-bond acceptors (Lipinski definition) is 2. The summed E-state index contributed by atoms with van der Waals surface area (Å²) in [6, 6.07) is 0.